The van der Waals surface area contributed by atoms with Crippen molar-refractivity contribution in [3.05, 3.63) is 11.3 Å². The van der Waals surface area contributed by atoms with Crippen molar-refractivity contribution in [1.29, 1.82) is 0 Å². The van der Waals surface area contributed by atoms with Crippen molar-refractivity contribution in [2.24, 2.45) is 11.3 Å². The summed E-state index contributed by atoms with van der Waals surface area (Å²) >= 11 is 0. The second-order valence-corrected chi connectivity index (χ2v) is 5.18. The Balaban J connectivity index is 0.00000169. The summed E-state index contributed by atoms with van der Waals surface area (Å²) in [5.74, 6) is 0.800. The van der Waals surface area contributed by atoms with Crippen LogP contribution in [0.4, 0.5) is 0 Å². The third-order valence-corrected chi connectivity index (χ3v) is 3.60. The quantitative estimate of drug-likeness (QED) is 0.598. The van der Waals surface area contributed by atoms with E-state index in [0.29, 0.717) is 5.41 Å². The van der Waals surface area contributed by atoms with Gasteiger partial charge in [0, 0.05) is 24.7 Å². The molecule has 2 heteroatoms. The second-order valence-electron chi connectivity index (χ2n) is 5.18. The molecule has 0 aliphatic carbocycles. The monoisotopic (exact) mass is 217 g/mol. The van der Waals surface area contributed by atoms with Crippen molar-refractivity contribution in [3.63, 3.8) is 0 Å². The average molecular weight is 218 g/mol. The molecule has 0 bridgehead atoms. The lowest BCUT2D eigenvalue weighted by atomic mass is 9.71. The van der Waals surface area contributed by atoms with Crippen LogP contribution in [0, 0.1) is 11.3 Å². The van der Waals surface area contributed by atoms with E-state index in [4.69, 9.17) is 0 Å². The van der Waals surface area contributed by atoms with Crippen LogP contribution in [0.5, 0.6) is 0 Å². The van der Waals surface area contributed by atoms with E-state index in [9.17, 15) is 0 Å². The Bertz CT molecular complexity index is 226. The highest BCUT2D eigenvalue weighted by Crippen LogP contribution is 2.43. The average Bonchev–Trinajstić information content (AvgIpc) is 1.96. The van der Waals surface area contributed by atoms with E-state index in [2.05, 4.69) is 46.6 Å². The van der Waals surface area contributed by atoms with Gasteiger partial charge in [0.05, 0.1) is 0 Å². The van der Waals surface area contributed by atoms with Gasteiger partial charge in [-0.3, -0.25) is 0 Å². The summed E-state index contributed by atoms with van der Waals surface area (Å²) in [5.41, 5.74) is 3.37. The first-order valence-electron chi connectivity index (χ1n) is 5.26. The molecule has 1 saturated heterocycles. The van der Waals surface area contributed by atoms with Gasteiger partial charge >= 0.3 is 0 Å². The second kappa shape index (κ2) is 4.57. The first kappa shape index (κ1) is 13.8. The number of hydrogen-bond donors (Lipinski definition) is 0. The molecule has 1 unspecified atom stereocenters. The minimum absolute atomic E-state index is 0. The summed E-state index contributed by atoms with van der Waals surface area (Å²) in [6, 6.07) is 0. The maximum Gasteiger partial charge on any atom is 0.0176 e. The van der Waals surface area contributed by atoms with Crippen LogP contribution in [0.25, 0.3) is 0 Å². The van der Waals surface area contributed by atoms with E-state index < -0.39 is 0 Å². The van der Waals surface area contributed by atoms with E-state index in [1.54, 1.807) is 5.70 Å². The molecule has 0 radical (unpaired) electrons. The van der Waals surface area contributed by atoms with Gasteiger partial charge < -0.3 is 4.90 Å². The number of rotatable bonds is 0. The van der Waals surface area contributed by atoms with E-state index in [1.165, 1.54) is 18.5 Å². The number of likely N-dealkylation sites (tertiary alicyclic amines) is 1. The Morgan fingerprint density at radius 2 is 1.86 bits per heavy atom. The summed E-state index contributed by atoms with van der Waals surface area (Å²) in [7, 11) is 2.22. The summed E-state index contributed by atoms with van der Waals surface area (Å²) < 4.78 is 0. The Morgan fingerprint density at radius 1 is 1.36 bits per heavy atom. The minimum atomic E-state index is 0. The molecule has 0 N–H and O–H groups in total. The van der Waals surface area contributed by atoms with Crippen molar-refractivity contribution in [2.75, 3.05) is 13.6 Å². The zero-order valence-electron chi connectivity index (χ0n) is 10.3. The lowest BCUT2D eigenvalue weighted by Crippen LogP contribution is -2.41. The molecule has 0 amide bonds. The topological polar surface area (TPSA) is 3.24 Å². The zero-order chi connectivity index (χ0) is 10.2. The van der Waals surface area contributed by atoms with E-state index >= 15 is 0 Å². The Hall–Kier alpha value is -0.170. The smallest absolute Gasteiger partial charge is 0.0176 e. The molecule has 1 heterocycles. The number of halogens is 1. The highest BCUT2D eigenvalue weighted by Gasteiger charge is 2.36. The van der Waals surface area contributed by atoms with Gasteiger partial charge in [-0.1, -0.05) is 26.3 Å². The molecule has 0 spiro atoms. The van der Waals surface area contributed by atoms with Crippen LogP contribution in [-0.4, -0.2) is 18.5 Å². The van der Waals surface area contributed by atoms with Crippen LogP contribution in [0.15, 0.2) is 11.3 Å². The molecule has 14 heavy (non-hydrogen) atoms. The molecule has 1 atom stereocenters. The van der Waals surface area contributed by atoms with Gasteiger partial charge in [-0.15, -0.1) is 12.4 Å². The minimum Gasteiger partial charge on any atom is -0.377 e. The standard InChI is InChI=1S/C12H23N.ClH/c1-9(2)11-12(4,5)10(3)7-8-13(11)6;/h10H,7-8H2,1-6H3;1H. The van der Waals surface area contributed by atoms with E-state index in [1.807, 2.05) is 0 Å². The van der Waals surface area contributed by atoms with Crippen LogP contribution in [-0.2, 0) is 0 Å². The van der Waals surface area contributed by atoms with Gasteiger partial charge in [0.2, 0.25) is 0 Å². The SMILES string of the molecule is CC(C)=C1N(C)CCC(C)C1(C)C.Cl. The number of piperidine rings is 1. The van der Waals surface area contributed by atoms with Crippen molar-refractivity contribution in [3.8, 4) is 0 Å². The van der Waals surface area contributed by atoms with Gasteiger partial charge in [-0.05, 0) is 26.2 Å². The third kappa shape index (κ3) is 2.25. The van der Waals surface area contributed by atoms with E-state index in [0.717, 1.165) is 5.92 Å². The predicted molar refractivity (Wildman–Crippen MR) is 65.8 cm³/mol. The van der Waals surface area contributed by atoms with Crippen LogP contribution < -0.4 is 0 Å². The van der Waals surface area contributed by atoms with Crippen molar-refractivity contribution >= 4 is 12.4 Å². The molecule has 1 rings (SSSR count). The molecular formula is C12H24ClN. The first-order valence-corrected chi connectivity index (χ1v) is 5.26. The normalized spacial score (nSPS) is 25.7. The third-order valence-electron chi connectivity index (χ3n) is 3.60. The number of nitrogens with zero attached hydrogens (tertiary/aromatic N) is 1. The van der Waals surface area contributed by atoms with Crippen molar-refractivity contribution in [2.45, 2.75) is 41.0 Å². The zero-order valence-corrected chi connectivity index (χ0v) is 11.2. The maximum atomic E-state index is 2.43. The van der Waals surface area contributed by atoms with Crippen LogP contribution in [0.1, 0.15) is 41.0 Å². The van der Waals surface area contributed by atoms with Crippen molar-refractivity contribution in [1.82, 2.24) is 4.90 Å². The lowest BCUT2D eigenvalue weighted by molar-refractivity contribution is 0.140. The Labute approximate surface area is 95.0 Å². The summed E-state index contributed by atoms with van der Waals surface area (Å²) in [4.78, 5) is 2.43. The summed E-state index contributed by atoms with van der Waals surface area (Å²) in [6.45, 7) is 12.8. The largest absolute Gasteiger partial charge is 0.377 e. The lowest BCUT2D eigenvalue weighted by Gasteiger charge is -2.46. The van der Waals surface area contributed by atoms with Gasteiger partial charge in [0.25, 0.3) is 0 Å². The van der Waals surface area contributed by atoms with Gasteiger partial charge in [-0.2, -0.15) is 0 Å². The molecule has 1 nitrogen and oxygen atoms in total. The van der Waals surface area contributed by atoms with Crippen LogP contribution in [0.2, 0.25) is 0 Å². The number of allylic oxidation sites excluding steroid dienone is 2. The maximum absolute atomic E-state index is 2.43. The molecule has 0 saturated carbocycles. The molecule has 0 aromatic heterocycles. The molecule has 1 aliphatic rings. The molecule has 1 aliphatic heterocycles. The van der Waals surface area contributed by atoms with Gasteiger partial charge in [0.1, 0.15) is 0 Å². The Kier molecular flexibility index (Phi) is 4.51. The first-order chi connectivity index (χ1) is 5.87. The highest BCUT2D eigenvalue weighted by atomic mass is 35.5. The van der Waals surface area contributed by atoms with Crippen molar-refractivity contribution < 1.29 is 0 Å². The fourth-order valence-corrected chi connectivity index (χ4v) is 2.61. The number of hydrogen-bond acceptors (Lipinski definition) is 1. The predicted octanol–water partition coefficient (Wildman–Crippen LogP) is 3.70. The molecule has 0 aromatic rings. The summed E-state index contributed by atoms with van der Waals surface area (Å²) in [5, 5.41) is 0. The highest BCUT2D eigenvalue weighted by molar-refractivity contribution is 5.85. The molecule has 1 fully saturated rings. The molecule has 84 valence electrons. The van der Waals surface area contributed by atoms with Gasteiger partial charge in [0.15, 0.2) is 0 Å². The van der Waals surface area contributed by atoms with E-state index in [-0.39, 0.29) is 12.4 Å². The van der Waals surface area contributed by atoms with Gasteiger partial charge in [-0.25, -0.2) is 0 Å². The Morgan fingerprint density at radius 3 is 2.21 bits per heavy atom. The summed E-state index contributed by atoms with van der Waals surface area (Å²) in [6.07, 6.45) is 1.32. The molecule has 0 aromatic carbocycles. The fourth-order valence-electron chi connectivity index (χ4n) is 2.61. The molecular weight excluding hydrogens is 194 g/mol. The van der Waals surface area contributed by atoms with Crippen LogP contribution >= 0.6 is 12.4 Å². The van der Waals surface area contributed by atoms with Crippen LogP contribution in [0.3, 0.4) is 0 Å². The fraction of sp³-hybridized carbons (Fsp3) is 0.833.